The van der Waals surface area contributed by atoms with Crippen molar-refractivity contribution in [2.45, 2.75) is 156 Å². The minimum atomic E-state index is -3.58. The highest BCUT2D eigenvalue weighted by Gasteiger charge is 2.34. The third-order valence-electron chi connectivity index (χ3n) is 15.1. The molecule has 9 heterocycles. The first-order chi connectivity index (χ1) is 53.3. The summed E-state index contributed by atoms with van der Waals surface area (Å²) in [6.07, 6.45) is 12.0. The Kier molecular flexibility index (Phi) is 38.4. The molecule has 0 bridgehead atoms. The number of amides is 4. The van der Waals surface area contributed by atoms with Crippen molar-refractivity contribution in [3.63, 3.8) is 0 Å². The summed E-state index contributed by atoms with van der Waals surface area (Å²) in [4.78, 5) is 118. The second kappa shape index (κ2) is 45.6. The number of benzene rings is 2. The van der Waals surface area contributed by atoms with Crippen LogP contribution in [0.2, 0.25) is 0 Å². The highest BCUT2D eigenvalue weighted by atomic mass is 79.9. The van der Waals surface area contributed by atoms with Gasteiger partial charge in [0.2, 0.25) is 20.0 Å². The molecule has 3 fully saturated rings. The molecule has 5 aliphatic heterocycles. The number of rotatable bonds is 14. The van der Waals surface area contributed by atoms with Crippen molar-refractivity contribution < 1.29 is 89.1 Å². The van der Waals surface area contributed by atoms with Crippen LogP contribution < -0.4 is 20.2 Å². The summed E-state index contributed by atoms with van der Waals surface area (Å²) in [6, 6.07) is 13.6. The molecule has 41 heteroatoms. The lowest BCUT2D eigenvalue weighted by molar-refractivity contribution is 0.0223. The molecule has 0 aliphatic carbocycles. The van der Waals surface area contributed by atoms with Gasteiger partial charge in [0.1, 0.15) is 36.3 Å². The summed E-state index contributed by atoms with van der Waals surface area (Å²) < 4.78 is 85.4. The summed E-state index contributed by atoms with van der Waals surface area (Å²) in [5, 5.41) is 17.6. The first kappa shape index (κ1) is 95.2. The number of thiazole rings is 4. The molecule has 0 saturated carbocycles. The van der Waals surface area contributed by atoms with Crippen molar-refractivity contribution >= 4 is 151 Å². The number of aryl methyl sites for hydroxylation is 2. The molecule has 3 saturated heterocycles. The minimum Gasteiger partial charge on any atom is -0.462 e. The van der Waals surface area contributed by atoms with Crippen LogP contribution in [0.25, 0.3) is 0 Å². The van der Waals surface area contributed by atoms with E-state index in [1.807, 2.05) is 90.9 Å². The fourth-order valence-electron chi connectivity index (χ4n) is 9.94. The number of hydroxylamine groups is 1. The fraction of sp³-hybridized carbons (Fsp3) is 0.542. The van der Waals surface area contributed by atoms with Gasteiger partial charge in [-0.3, -0.25) is 34.7 Å². The van der Waals surface area contributed by atoms with Gasteiger partial charge in [-0.1, -0.05) is 69.4 Å². The number of hydrogen-bond acceptors (Lipinski definition) is 32. The molecule has 6 aromatic rings. The van der Waals surface area contributed by atoms with Crippen LogP contribution >= 0.6 is 61.3 Å². The molecule has 0 atom stereocenters. The quantitative estimate of drug-likeness (QED) is 0.0394. The Hall–Kier alpha value is -8.39. The van der Waals surface area contributed by atoms with Crippen LogP contribution in [0.4, 0.5) is 29.8 Å². The van der Waals surface area contributed by atoms with Gasteiger partial charge >= 0.3 is 36.2 Å². The van der Waals surface area contributed by atoms with Crippen LogP contribution in [0, 0.1) is 13.8 Å². The Bertz CT molecular complexity index is 4280. The zero-order valence-corrected chi connectivity index (χ0v) is 72.8. The topological polar surface area (TPSA) is 398 Å². The van der Waals surface area contributed by atoms with E-state index in [0.717, 1.165) is 68.5 Å². The Labute approximate surface area is 685 Å². The average Bonchev–Trinajstić information content (AvgIpc) is 1.28. The number of aliphatic hydroxyl groups is 1. The zero-order chi connectivity index (χ0) is 83.9. The van der Waals surface area contributed by atoms with Crippen LogP contribution in [0.5, 0.6) is 0 Å². The number of aliphatic imine (C=N–C) groups is 2. The van der Waals surface area contributed by atoms with E-state index in [1.54, 1.807) is 92.4 Å². The zero-order valence-electron chi connectivity index (χ0n) is 66.4. The SMILES string of the molecule is CC(C)(C)OC(=O)N1C=NCCC1.CC(C)(C)OC(=O)N1C=NCCC1.CCOC(=O)c1cnc(Br)s1.CCOC(=O)c1cnc(N2CCCN(C(=O)OC(C)(C)C)C2)s1.CCOC(=O)c1cnc(N2CCCN(S(=O)(=O)c3ccc(C)cc3)C2)s1.CO.Cc1ccc(S(=O)(=O)N2CCCN(c3ncc(C(=O)NO)s3)C2)cc1. The molecular formula is C72H104BrN15O19S6. The van der Waals surface area contributed by atoms with E-state index in [4.69, 9.17) is 38.7 Å². The van der Waals surface area contributed by atoms with E-state index in [2.05, 4.69) is 45.9 Å². The molecule has 0 radical (unpaired) electrons. The van der Waals surface area contributed by atoms with Crippen LogP contribution in [0.1, 0.15) is 165 Å². The second-order valence-electron chi connectivity index (χ2n) is 27.7. The first-order valence-corrected chi connectivity index (χ1v) is 43.0. The van der Waals surface area contributed by atoms with E-state index in [-0.39, 0.29) is 58.2 Å². The number of aliphatic hydroxyl groups excluding tert-OH is 1. The Morgan fingerprint density at radius 1 is 0.460 bits per heavy atom. The number of carbonyl (C=O) groups is 7. The molecule has 0 spiro atoms. The van der Waals surface area contributed by atoms with E-state index < -0.39 is 48.7 Å². The molecule has 4 amide bonds. The van der Waals surface area contributed by atoms with Crippen molar-refractivity contribution in [1.82, 2.24) is 48.7 Å². The van der Waals surface area contributed by atoms with Gasteiger partial charge in [-0.15, -0.1) is 11.3 Å². The van der Waals surface area contributed by atoms with E-state index in [1.165, 1.54) is 77.2 Å². The normalized spacial score (nSPS) is 15.3. The number of nitrogens with zero attached hydrogens (tertiary/aromatic N) is 14. The van der Waals surface area contributed by atoms with Gasteiger partial charge in [-0.05, 0) is 169 Å². The maximum atomic E-state index is 12.9. The summed E-state index contributed by atoms with van der Waals surface area (Å²) in [6.45, 7) is 34.3. The Balaban J connectivity index is 0.000000248. The third-order valence-corrected chi connectivity index (χ3v) is 23.4. The van der Waals surface area contributed by atoms with Crippen molar-refractivity contribution in [3.8, 4) is 0 Å². The second-order valence-corrected chi connectivity index (χ2v) is 36.9. The standard InChI is InChI=1S/C17H21N3O4S2.C15H18N4O4S2.C15H23N3O4S.2C9H16N2O2.C6H6BrNO2S.CH4O/c1-3-24-16(21)15-11-18-17(25-15)19-9-4-10-20(12-19)26(22,23)14-7-5-13(2)6-8-14;1-11-3-5-12(6-4-11)25(22,23)19-8-2-7-18(10-19)15-16-9-13(24-15)14(20)17-21;1-5-21-12(19)11-9-16-13(23-11)17-7-6-8-18(10-17)14(20)22-15(2,3)4;2*1-9(2,3)13-8(12)11-6-4-5-10-7-11;1-2-10-5(9)4-3-8-6(7)11-4;1-2/h5-8,11H,3-4,9-10,12H2,1-2H3;3-6,9,21H,2,7-8,10H2,1H3,(H,17,20);9H,5-8,10H2,1-4H3;2*7H,4-6H2,1-3H3;3H,2H2,1H3;2H,1H3. The van der Waals surface area contributed by atoms with Crippen LogP contribution in [-0.2, 0) is 48.5 Å². The van der Waals surface area contributed by atoms with Gasteiger partial charge in [-0.25, -0.2) is 71.0 Å². The van der Waals surface area contributed by atoms with Crippen molar-refractivity contribution in [2.75, 3.05) is 127 Å². The number of halogens is 1. The van der Waals surface area contributed by atoms with Crippen molar-refractivity contribution in [3.05, 3.63) is 108 Å². The number of ether oxygens (including phenoxy) is 6. The largest absolute Gasteiger partial charge is 0.462 e. The molecule has 0 unspecified atom stereocenters. The highest BCUT2D eigenvalue weighted by Crippen LogP contribution is 2.31. The Morgan fingerprint density at radius 2 is 0.796 bits per heavy atom. The van der Waals surface area contributed by atoms with Gasteiger partial charge < -0.3 is 48.2 Å². The molecule has 2 aromatic carbocycles. The molecular weight excluding hydrogens is 1650 g/mol. The number of aromatic nitrogens is 4. The number of nitrogens with one attached hydrogen (secondary N) is 1. The smallest absolute Gasteiger partial charge is 0.415 e. The van der Waals surface area contributed by atoms with Gasteiger partial charge in [0.05, 0.1) is 87.1 Å². The lowest BCUT2D eigenvalue weighted by Crippen LogP contribution is -2.49. The summed E-state index contributed by atoms with van der Waals surface area (Å²) in [5.74, 6) is -1.71. The fourth-order valence-corrected chi connectivity index (χ4v) is 16.5. The van der Waals surface area contributed by atoms with Gasteiger partial charge in [-0.2, -0.15) is 8.61 Å². The molecule has 11 rings (SSSR count). The first-order valence-electron chi connectivity index (χ1n) is 36.1. The lowest BCUT2D eigenvalue weighted by Gasteiger charge is -2.36. The third kappa shape index (κ3) is 31.7. The maximum Gasteiger partial charge on any atom is 0.415 e. The minimum absolute atomic E-state index is 0.171. The van der Waals surface area contributed by atoms with E-state index in [0.29, 0.717) is 119 Å². The highest BCUT2D eigenvalue weighted by molar-refractivity contribution is 9.11. The number of anilines is 3. The predicted octanol–water partition coefficient (Wildman–Crippen LogP) is 11.6. The summed E-state index contributed by atoms with van der Waals surface area (Å²) in [5.41, 5.74) is 2.20. The van der Waals surface area contributed by atoms with Gasteiger partial charge in [0.25, 0.3) is 5.91 Å². The van der Waals surface area contributed by atoms with Crippen molar-refractivity contribution in [1.29, 1.82) is 0 Å². The average molecular weight is 1760 g/mol. The molecule has 5 aliphatic rings. The molecule has 3 N–H and O–H groups in total. The number of hydrogen-bond donors (Lipinski definition) is 3. The summed E-state index contributed by atoms with van der Waals surface area (Å²) >= 11 is 8.01. The molecule has 4 aromatic heterocycles. The molecule has 34 nitrogen and oxygen atoms in total. The number of sulfonamides is 2. The lowest BCUT2D eigenvalue weighted by atomic mass is 10.2. The number of carbonyl (C=O) groups excluding carboxylic acids is 7. The van der Waals surface area contributed by atoms with Gasteiger partial charge in [0.15, 0.2) is 19.3 Å². The van der Waals surface area contributed by atoms with Crippen LogP contribution in [0.3, 0.4) is 0 Å². The van der Waals surface area contributed by atoms with Crippen LogP contribution in [0.15, 0.2) is 97.0 Å². The summed E-state index contributed by atoms with van der Waals surface area (Å²) in [7, 11) is -6.15. The number of esters is 3. The van der Waals surface area contributed by atoms with E-state index in [9.17, 15) is 50.4 Å². The van der Waals surface area contributed by atoms with E-state index >= 15 is 0 Å². The van der Waals surface area contributed by atoms with Crippen molar-refractivity contribution in [2.24, 2.45) is 9.98 Å². The maximum absolute atomic E-state index is 12.9. The molecule has 624 valence electrons. The predicted molar refractivity (Wildman–Crippen MR) is 437 cm³/mol. The van der Waals surface area contributed by atoms with Gasteiger partial charge in [0, 0.05) is 72.6 Å². The molecule has 113 heavy (non-hydrogen) atoms. The monoisotopic (exact) mass is 1750 g/mol. The Morgan fingerprint density at radius 3 is 1.13 bits per heavy atom. The van der Waals surface area contributed by atoms with Crippen LogP contribution in [-0.4, -0.2) is 254 Å².